The molecule has 9 heteroatoms. The molecular formula is C18H29Cl3N4O2. The van der Waals surface area contributed by atoms with Crippen LogP contribution in [0.4, 0.5) is 5.69 Å². The molecule has 0 spiro atoms. The Morgan fingerprint density at radius 3 is 2.37 bits per heavy atom. The number of hydrogen-bond donors (Lipinski definition) is 2. The third-order valence-corrected chi connectivity index (χ3v) is 4.52. The standard InChI is InChI=1S/C18H27ClN4O2.2ClH/c1-13(2)10-16(20)18(25)21-12-17(24)23-8-6-22(7-9-23)15-5-3-4-14(19)11-15;;/h3-5,11,13,16H,6-10,12,20H2,1-2H3,(H,21,25);2*1H/t16-;;/m0../s1. The van der Waals surface area contributed by atoms with Gasteiger partial charge in [-0.1, -0.05) is 31.5 Å². The van der Waals surface area contributed by atoms with E-state index in [-0.39, 0.29) is 43.2 Å². The minimum atomic E-state index is -0.563. The lowest BCUT2D eigenvalue weighted by Crippen LogP contribution is -2.52. The van der Waals surface area contributed by atoms with E-state index in [1.54, 1.807) is 4.90 Å². The van der Waals surface area contributed by atoms with Crippen molar-refractivity contribution in [2.75, 3.05) is 37.6 Å². The average Bonchev–Trinajstić information content (AvgIpc) is 2.59. The number of carbonyl (C=O) groups excluding carboxylic acids is 2. The van der Waals surface area contributed by atoms with Crippen molar-refractivity contribution >= 4 is 53.9 Å². The summed E-state index contributed by atoms with van der Waals surface area (Å²) in [5, 5.41) is 3.35. The highest BCUT2D eigenvalue weighted by molar-refractivity contribution is 6.30. The van der Waals surface area contributed by atoms with Gasteiger partial charge in [0, 0.05) is 36.9 Å². The minimum Gasteiger partial charge on any atom is -0.368 e. The van der Waals surface area contributed by atoms with Gasteiger partial charge < -0.3 is 20.9 Å². The molecule has 1 atom stereocenters. The van der Waals surface area contributed by atoms with Gasteiger partial charge >= 0.3 is 0 Å². The molecule has 1 aliphatic rings. The topological polar surface area (TPSA) is 78.7 Å². The largest absolute Gasteiger partial charge is 0.368 e. The molecule has 1 saturated heterocycles. The van der Waals surface area contributed by atoms with Crippen molar-refractivity contribution in [1.82, 2.24) is 10.2 Å². The number of carbonyl (C=O) groups is 2. The predicted molar refractivity (Wildman–Crippen MR) is 115 cm³/mol. The van der Waals surface area contributed by atoms with Gasteiger partial charge in [-0.2, -0.15) is 0 Å². The maximum absolute atomic E-state index is 12.3. The van der Waals surface area contributed by atoms with Gasteiger partial charge in [-0.25, -0.2) is 0 Å². The molecule has 6 nitrogen and oxygen atoms in total. The van der Waals surface area contributed by atoms with E-state index < -0.39 is 6.04 Å². The SMILES string of the molecule is CC(C)C[C@H](N)C(=O)NCC(=O)N1CCN(c2cccc(Cl)c2)CC1.Cl.Cl. The Hall–Kier alpha value is -1.21. The molecule has 1 aliphatic heterocycles. The maximum atomic E-state index is 12.3. The molecule has 0 bridgehead atoms. The van der Waals surface area contributed by atoms with Crippen LogP contribution in [0.5, 0.6) is 0 Å². The Balaban J connectivity index is 0.00000338. The van der Waals surface area contributed by atoms with Gasteiger partial charge in [0.25, 0.3) is 0 Å². The first-order chi connectivity index (χ1) is 11.9. The number of rotatable bonds is 6. The highest BCUT2D eigenvalue weighted by atomic mass is 35.5. The number of amides is 2. The van der Waals surface area contributed by atoms with Crippen molar-refractivity contribution in [3.05, 3.63) is 29.3 Å². The van der Waals surface area contributed by atoms with Crippen LogP contribution in [0.1, 0.15) is 20.3 Å². The van der Waals surface area contributed by atoms with E-state index in [0.717, 1.165) is 18.8 Å². The summed E-state index contributed by atoms with van der Waals surface area (Å²) in [4.78, 5) is 28.2. The Bertz CT molecular complexity index is 608. The van der Waals surface area contributed by atoms with Gasteiger partial charge in [0.1, 0.15) is 0 Å². The molecule has 3 N–H and O–H groups in total. The number of nitrogens with one attached hydrogen (secondary N) is 1. The number of anilines is 1. The Morgan fingerprint density at radius 1 is 1.19 bits per heavy atom. The van der Waals surface area contributed by atoms with Gasteiger partial charge in [0.2, 0.25) is 11.8 Å². The second-order valence-corrected chi connectivity index (χ2v) is 7.24. The second kappa shape index (κ2) is 12.3. The molecule has 0 aliphatic carbocycles. The fourth-order valence-electron chi connectivity index (χ4n) is 2.91. The molecule has 1 aromatic carbocycles. The summed E-state index contributed by atoms with van der Waals surface area (Å²) in [5.74, 6) is 0.00599. The van der Waals surface area contributed by atoms with Crippen LogP contribution in [0.15, 0.2) is 24.3 Å². The molecule has 1 heterocycles. The normalized spacial score (nSPS) is 14.9. The van der Waals surface area contributed by atoms with Crippen LogP contribution in [-0.2, 0) is 9.59 Å². The maximum Gasteiger partial charge on any atom is 0.242 e. The molecule has 0 saturated carbocycles. The zero-order valence-electron chi connectivity index (χ0n) is 15.7. The third-order valence-electron chi connectivity index (χ3n) is 4.28. The van der Waals surface area contributed by atoms with Crippen molar-refractivity contribution in [2.45, 2.75) is 26.3 Å². The average molecular weight is 440 g/mol. The minimum absolute atomic E-state index is 0. The Morgan fingerprint density at radius 2 is 1.81 bits per heavy atom. The molecule has 0 aromatic heterocycles. The van der Waals surface area contributed by atoms with Crippen LogP contribution in [0.25, 0.3) is 0 Å². The number of hydrogen-bond acceptors (Lipinski definition) is 4. The van der Waals surface area contributed by atoms with Crippen LogP contribution in [-0.4, -0.2) is 55.5 Å². The quantitative estimate of drug-likeness (QED) is 0.713. The number of nitrogens with two attached hydrogens (primary N) is 1. The lowest BCUT2D eigenvalue weighted by Gasteiger charge is -2.36. The first-order valence-corrected chi connectivity index (χ1v) is 9.06. The van der Waals surface area contributed by atoms with Gasteiger partial charge in [-0.15, -0.1) is 24.8 Å². The van der Waals surface area contributed by atoms with E-state index in [2.05, 4.69) is 10.2 Å². The molecule has 1 fully saturated rings. The molecule has 2 rings (SSSR count). The highest BCUT2D eigenvalue weighted by Crippen LogP contribution is 2.20. The second-order valence-electron chi connectivity index (χ2n) is 6.80. The van der Waals surface area contributed by atoms with Crippen LogP contribution < -0.4 is 16.0 Å². The van der Waals surface area contributed by atoms with E-state index in [1.165, 1.54) is 0 Å². The predicted octanol–water partition coefficient (Wildman–Crippen LogP) is 2.32. The molecular weight excluding hydrogens is 411 g/mol. The van der Waals surface area contributed by atoms with Crippen LogP contribution in [0.2, 0.25) is 5.02 Å². The lowest BCUT2D eigenvalue weighted by atomic mass is 10.0. The zero-order chi connectivity index (χ0) is 18.4. The molecule has 1 aromatic rings. The van der Waals surface area contributed by atoms with Gasteiger partial charge in [0.15, 0.2) is 0 Å². The summed E-state index contributed by atoms with van der Waals surface area (Å²) >= 11 is 6.03. The smallest absolute Gasteiger partial charge is 0.242 e. The molecule has 27 heavy (non-hydrogen) atoms. The number of piperazine rings is 1. The number of nitrogens with zero attached hydrogens (tertiary/aromatic N) is 2. The van der Waals surface area contributed by atoms with Gasteiger partial charge in [-0.3, -0.25) is 9.59 Å². The fourth-order valence-corrected chi connectivity index (χ4v) is 3.09. The summed E-state index contributed by atoms with van der Waals surface area (Å²) in [6, 6.07) is 7.14. The number of benzene rings is 1. The van der Waals surface area contributed by atoms with Crippen molar-refractivity contribution in [2.24, 2.45) is 11.7 Å². The Labute approximate surface area is 178 Å². The van der Waals surface area contributed by atoms with Crippen molar-refractivity contribution < 1.29 is 9.59 Å². The molecule has 154 valence electrons. The summed E-state index contributed by atoms with van der Waals surface area (Å²) in [6.07, 6.45) is 0.609. The summed E-state index contributed by atoms with van der Waals surface area (Å²) < 4.78 is 0. The number of halogens is 3. The summed E-state index contributed by atoms with van der Waals surface area (Å²) in [6.45, 7) is 6.76. The van der Waals surface area contributed by atoms with E-state index >= 15 is 0 Å². The first kappa shape index (κ1) is 25.8. The van der Waals surface area contributed by atoms with E-state index in [4.69, 9.17) is 17.3 Å². The van der Waals surface area contributed by atoms with E-state index in [9.17, 15) is 9.59 Å². The monoisotopic (exact) mass is 438 g/mol. The fraction of sp³-hybridized carbons (Fsp3) is 0.556. The zero-order valence-corrected chi connectivity index (χ0v) is 18.1. The van der Waals surface area contributed by atoms with Crippen molar-refractivity contribution in [1.29, 1.82) is 0 Å². The van der Waals surface area contributed by atoms with Crippen LogP contribution >= 0.6 is 36.4 Å². The van der Waals surface area contributed by atoms with Crippen LogP contribution in [0.3, 0.4) is 0 Å². The molecule has 2 amide bonds. The summed E-state index contributed by atoms with van der Waals surface area (Å²) in [5.41, 5.74) is 6.89. The van der Waals surface area contributed by atoms with Gasteiger partial charge in [0.05, 0.1) is 12.6 Å². The lowest BCUT2D eigenvalue weighted by molar-refractivity contribution is -0.133. The van der Waals surface area contributed by atoms with E-state index in [0.29, 0.717) is 30.5 Å². The third kappa shape index (κ3) is 8.13. The van der Waals surface area contributed by atoms with Crippen LogP contribution in [0, 0.1) is 5.92 Å². The molecule has 0 unspecified atom stereocenters. The Kier molecular flexibility index (Phi) is 11.7. The summed E-state index contributed by atoms with van der Waals surface area (Å²) in [7, 11) is 0. The van der Waals surface area contributed by atoms with Crippen molar-refractivity contribution in [3.63, 3.8) is 0 Å². The molecule has 0 radical (unpaired) electrons. The van der Waals surface area contributed by atoms with E-state index in [1.807, 2.05) is 38.1 Å². The van der Waals surface area contributed by atoms with Gasteiger partial charge in [-0.05, 0) is 30.5 Å². The highest BCUT2D eigenvalue weighted by Gasteiger charge is 2.22. The first-order valence-electron chi connectivity index (χ1n) is 8.68. The van der Waals surface area contributed by atoms with Crippen molar-refractivity contribution in [3.8, 4) is 0 Å².